The molecule has 1 N–H and O–H groups in total. The van der Waals surface area contributed by atoms with Gasteiger partial charge in [-0.3, -0.25) is 0 Å². The smallest absolute Gasteiger partial charge is 0.330 e. The molecule has 0 saturated heterocycles. The average molecular weight is 462 g/mol. The molecule has 0 amide bonds. The van der Waals surface area contributed by atoms with Crippen molar-refractivity contribution in [3.8, 4) is 5.75 Å². The minimum absolute atomic E-state index is 0.401. The lowest BCUT2D eigenvalue weighted by molar-refractivity contribution is -0.132. The second kappa shape index (κ2) is 10.9. The SMILES string of the molecule is C/C(=C\CCCCCCOc1c(Br)cc(Br)cc1C(C)C)C(=O)O. The van der Waals surface area contributed by atoms with Gasteiger partial charge in [-0.2, -0.15) is 0 Å². The molecule has 0 fully saturated rings. The van der Waals surface area contributed by atoms with Gasteiger partial charge in [0.2, 0.25) is 0 Å². The number of hydrogen-bond acceptors (Lipinski definition) is 2. The van der Waals surface area contributed by atoms with Gasteiger partial charge in [0.15, 0.2) is 0 Å². The Morgan fingerprint density at radius 2 is 1.88 bits per heavy atom. The van der Waals surface area contributed by atoms with Crippen molar-refractivity contribution in [2.45, 2.75) is 58.8 Å². The summed E-state index contributed by atoms with van der Waals surface area (Å²) in [7, 11) is 0. The number of carboxylic acids is 1. The normalized spacial score (nSPS) is 11.8. The van der Waals surface area contributed by atoms with E-state index in [0.29, 0.717) is 18.1 Å². The summed E-state index contributed by atoms with van der Waals surface area (Å²) in [6.45, 7) is 6.66. The van der Waals surface area contributed by atoms with Crippen LogP contribution < -0.4 is 4.74 Å². The van der Waals surface area contributed by atoms with Crippen molar-refractivity contribution >= 4 is 37.8 Å². The molecular formula is C19H26Br2O3. The molecule has 0 bridgehead atoms. The van der Waals surface area contributed by atoms with Gasteiger partial charge in [0, 0.05) is 10.0 Å². The van der Waals surface area contributed by atoms with Crippen LogP contribution in [0.1, 0.15) is 64.4 Å². The van der Waals surface area contributed by atoms with Crippen LogP contribution >= 0.6 is 31.9 Å². The molecule has 0 aromatic heterocycles. The zero-order valence-electron chi connectivity index (χ0n) is 14.6. The van der Waals surface area contributed by atoms with Crippen LogP contribution in [-0.2, 0) is 4.79 Å². The summed E-state index contributed by atoms with van der Waals surface area (Å²) < 4.78 is 8.04. The Morgan fingerprint density at radius 1 is 1.21 bits per heavy atom. The topological polar surface area (TPSA) is 46.5 Å². The minimum Gasteiger partial charge on any atom is -0.492 e. The van der Waals surface area contributed by atoms with Crippen molar-refractivity contribution in [2.24, 2.45) is 0 Å². The van der Waals surface area contributed by atoms with Gasteiger partial charge in [-0.25, -0.2) is 4.79 Å². The molecular weight excluding hydrogens is 436 g/mol. The molecule has 5 heteroatoms. The quantitative estimate of drug-likeness (QED) is 0.311. The fraction of sp³-hybridized carbons (Fsp3) is 0.526. The predicted molar refractivity (Wildman–Crippen MR) is 106 cm³/mol. The summed E-state index contributed by atoms with van der Waals surface area (Å²) in [5.41, 5.74) is 1.63. The Balaban J connectivity index is 2.34. The number of allylic oxidation sites excluding steroid dienone is 1. The first-order valence-electron chi connectivity index (χ1n) is 8.34. The largest absolute Gasteiger partial charge is 0.492 e. The third kappa shape index (κ3) is 7.39. The lowest BCUT2D eigenvalue weighted by atomic mass is 10.0. The maximum atomic E-state index is 10.7. The van der Waals surface area contributed by atoms with Crippen LogP contribution in [0.4, 0.5) is 0 Å². The molecule has 134 valence electrons. The van der Waals surface area contributed by atoms with Gasteiger partial charge in [0.05, 0.1) is 11.1 Å². The Labute approximate surface area is 161 Å². The van der Waals surface area contributed by atoms with Crippen LogP contribution in [0.3, 0.4) is 0 Å². The molecule has 0 spiro atoms. The molecule has 0 saturated carbocycles. The summed E-state index contributed by atoms with van der Waals surface area (Å²) >= 11 is 7.11. The molecule has 0 atom stereocenters. The molecule has 0 aliphatic rings. The van der Waals surface area contributed by atoms with Crippen LogP contribution in [0.5, 0.6) is 5.75 Å². The highest BCUT2D eigenvalue weighted by Gasteiger charge is 2.13. The van der Waals surface area contributed by atoms with E-state index in [1.807, 2.05) is 6.07 Å². The molecule has 0 heterocycles. The van der Waals surface area contributed by atoms with E-state index in [9.17, 15) is 4.79 Å². The van der Waals surface area contributed by atoms with Gasteiger partial charge in [0.25, 0.3) is 0 Å². The second-order valence-electron chi connectivity index (χ2n) is 6.20. The van der Waals surface area contributed by atoms with Gasteiger partial charge in [-0.05, 0) is 65.7 Å². The Hall–Kier alpha value is -0.810. The Kier molecular flexibility index (Phi) is 9.67. The average Bonchev–Trinajstić information content (AvgIpc) is 2.50. The van der Waals surface area contributed by atoms with Gasteiger partial charge < -0.3 is 9.84 Å². The van der Waals surface area contributed by atoms with E-state index in [1.165, 1.54) is 5.56 Å². The molecule has 3 nitrogen and oxygen atoms in total. The summed E-state index contributed by atoms with van der Waals surface area (Å²) in [5, 5.41) is 8.77. The highest BCUT2D eigenvalue weighted by Crippen LogP contribution is 2.37. The van der Waals surface area contributed by atoms with E-state index in [2.05, 4.69) is 51.8 Å². The monoisotopic (exact) mass is 460 g/mol. The first-order valence-corrected chi connectivity index (χ1v) is 9.93. The Morgan fingerprint density at radius 3 is 2.50 bits per heavy atom. The van der Waals surface area contributed by atoms with Crippen molar-refractivity contribution in [1.82, 2.24) is 0 Å². The van der Waals surface area contributed by atoms with Crippen LogP contribution in [-0.4, -0.2) is 17.7 Å². The van der Waals surface area contributed by atoms with Gasteiger partial charge in [-0.15, -0.1) is 0 Å². The summed E-state index contributed by atoms with van der Waals surface area (Å²) in [6, 6.07) is 4.13. The summed E-state index contributed by atoms with van der Waals surface area (Å²) in [5.74, 6) is 0.510. The maximum absolute atomic E-state index is 10.7. The lowest BCUT2D eigenvalue weighted by Gasteiger charge is -2.16. The summed E-state index contributed by atoms with van der Waals surface area (Å²) in [6.07, 6.45) is 6.82. The zero-order chi connectivity index (χ0) is 18.1. The standard InChI is InChI=1S/C19H26Br2O3/c1-13(2)16-11-15(20)12-17(21)18(16)24-10-8-6-4-5-7-9-14(3)19(22)23/h9,11-13H,4-8,10H2,1-3H3,(H,22,23)/b14-9+. The molecule has 1 aromatic carbocycles. The van der Waals surface area contributed by atoms with E-state index in [-0.39, 0.29) is 0 Å². The third-order valence-electron chi connectivity index (χ3n) is 3.79. The van der Waals surface area contributed by atoms with E-state index in [4.69, 9.17) is 9.84 Å². The summed E-state index contributed by atoms with van der Waals surface area (Å²) in [4.78, 5) is 10.7. The van der Waals surface area contributed by atoms with Gasteiger partial charge >= 0.3 is 5.97 Å². The fourth-order valence-corrected chi connectivity index (χ4v) is 3.71. The number of halogens is 2. The molecule has 0 unspecified atom stereocenters. The highest BCUT2D eigenvalue weighted by molar-refractivity contribution is 9.11. The highest BCUT2D eigenvalue weighted by atomic mass is 79.9. The van der Waals surface area contributed by atoms with E-state index < -0.39 is 5.97 Å². The first kappa shape index (κ1) is 21.2. The van der Waals surface area contributed by atoms with Crippen molar-refractivity contribution in [3.05, 3.63) is 38.3 Å². The number of carbonyl (C=O) groups is 1. The van der Waals surface area contributed by atoms with E-state index >= 15 is 0 Å². The van der Waals surface area contributed by atoms with Crippen molar-refractivity contribution in [2.75, 3.05) is 6.61 Å². The molecule has 0 aliphatic heterocycles. The molecule has 24 heavy (non-hydrogen) atoms. The lowest BCUT2D eigenvalue weighted by Crippen LogP contribution is -2.02. The Bertz CT molecular complexity index is 580. The number of ether oxygens (including phenoxy) is 1. The van der Waals surface area contributed by atoms with Crippen molar-refractivity contribution < 1.29 is 14.6 Å². The van der Waals surface area contributed by atoms with Crippen LogP contribution in [0.15, 0.2) is 32.7 Å². The van der Waals surface area contributed by atoms with Crippen LogP contribution in [0.2, 0.25) is 0 Å². The maximum Gasteiger partial charge on any atom is 0.330 e. The van der Waals surface area contributed by atoms with Crippen molar-refractivity contribution in [3.63, 3.8) is 0 Å². The predicted octanol–water partition coefficient (Wildman–Crippen LogP) is 6.70. The number of hydrogen-bond donors (Lipinski definition) is 1. The molecule has 0 aliphatic carbocycles. The molecule has 1 aromatic rings. The number of benzene rings is 1. The van der Waals surface area contributed by atoms with Crippen LogP contribution in [0.25, 0.3) is 0 Å². The number of carboxylic acid groups (broad SMARTS) is 1. The van der Waals surface area contributed by atoms with Gasteiger partial charge in [0.1, 0.15) is 5.75 Å². The molecule has 1 rings (SSSR count). The number of unbranched alkanes of at least 4 members (excludes halogenated alkanes) is 4. The third-order valence-corrected chi connectivity index (χ3v) is 4.84. The second-order valence-corrected chi connectivity index (χ2v) is 7.97. The fourth-order valence-electron chi connectivity index (χ4n) is 2.34. The van der Waals surface area contributed by atoms with Crippen LogP contribution in [0, 0.1) is 0 Å². The molecule has 0 radical (unpaired) electrons. The van der Waals surface area contributed by atoms with Crippen molar-refractivity contribution in [1.29, 1.82) is 0 Å². The van der Waals surface area contributed by atoms with E-state index in [0.717, 1.165) is 46.8 Å². The first-order chi connectivity index (χ1) is 11.3. The van der Waals surface area contributed by atoms with Gasteiger partial charge in [-0.1, -0.05) is 48.7 Å². The number of aliphatic carboxylic acids is 1. The number of rotatable bonds is 10. The zero-order valence-corrected chi connectivity index (χ0v) is 17.7. The van der Waals surface area contributed by atoms with E-state index in [1.54, 1.807) is 13.0 Å². The minimum atomic E-state index is -0.829.